The van der Waals surface area contributed by atoms with Crippen molar-refractivity contribution in [3.63, 3.8) is 0 Å². The van der Waals surface area contributed by atoms with Crippen LogP contribution in [0.5, 0.6) is 0 Å². The standard InChI is InChI=1S/C54H34N2O/c1-3-14-35(15-4-1)36-16-13-19-41(30-36)56-50-24-11-8-21-43(50)45-29-27-38(34-52(45)56)47-31-39(32-48-46-22-9-12-25-53(46)57-54(47)48)37-26-28-44-42-20-7-10-23-49(42)55(51(44)33-37)40-17-5-2-6-18-40/h1-34H. The number of nitrogens with zero attached hydrogens (tertiary/aromatic N) is 2. The van der Waals surface area contributed by atoms with Crippen molar-refractivity contribution >= 4 is 65.6 Å². The molecule has 12 rings (SSSR count). The molecular formula is C54H34N2O. The molecule has 12 aromatic rings. The molecular weight excluding hydrogens is 693 g/mol. The second kappa shape index (κ2) is 12.5. The minimum Gasteiger partial charge on any atom is -0.455 e. The van der Waals surface area contributed by atoms with Gasteiger partial charge in [0.25, 0.3) is 0 Å². The molecule has 3 heterocycles. The van der Waals surface area contributed by atoms with Gasteiger partial charge in [-0.25, -0.2) is 0 Å². The van der Waals surface area contributed by atoms with E-state index < -0.39 is 0 Å². The molecule has 0 spiro atoms. The lowest BCUT2D eigenvalue weighted by Crippen LogP contribution is -1.94. The van der Waals surface area contributed by atoms with Crippen molar-refractivity contribution in [1.29, 1.82) is 0 Å². The van der Waals surface area contributed by atoms with Gasteiger partial charge in [0.2, 0.25) is 0 Å². The molecule has 9 aromatic carbocycles. The van der Waals surface area contributed by atoms with Gasteiger partial charge in [-0.15, -0.1) is 0 Å². The van der Waals surface area contributed by atoms with Gasteiger partial charge in [-0.2, -0.15) is 0 Å². The number of rotatable bonds is 5. The summed E-state index contributed by atoms with van der Waals surface area (Å²) in [6.07, 6.45) is 0. The van der Waals surface area contributed by atoms with Crippen LogP contribution in [0.25, 0.3) is 110 Å². The molecule has 0 N–H and O–H groups in total. The largest absolute Gasteiger partial charge is 0.455 e. The number of hydrogen-bond donors (Lipinski definition) is 0. The zero-order valence-corrected chi connectivity index (χ0v) is 30.9. The molecule has 0 fully saturated rings. The SMILES string of the molecule is c1ccc(-c2cccc(-n3c4ccccc4c4ccc(-c5cc(-c6ccc7c8ccccc8n(-c8ccccc8)c7c6)cc6c5oc5ccccc56)cc43)c2)cc1. The molecule has 0 aliphatic carbocycles. The van der Waals surface area contributed by atoms with E-state index in [0.29, 0.717) is 0 Å². The minimum absolute atomic E-state index is 0.887. The monoisotopic (exact) mass is 726 g/mol. The molecule has 0 atom stereocenters. The predicted molar refractivity (Wildman–Crippen MR) is 239 cm³/mol. The van der Waals surface area contributed by atoms with Crippen molar-refractivity contribution in [1.82, 2.24) is 9.13 Å². The van der Waals surface area contributed by atoms with Gasteiger partial charge in [0.05, 0.1) is 22.1 Å². The summed E-state index contributed by atoms with van der Waals surface area (Å²) in [6.45, 7) is 0. The molecule has 266 valence electrons. The average molecular weight is 727 g/mol. The first-order valence-corrected chi connectivity index (χ1v) is 19.5. The third-order valence-electron chi connectivity index (χ3n) is 11.7. The van der Waals surface area contributed by atoms with Gasteiger partial charge in [-0.3, -0.25) is 0 Å². The highest BCUT2D eigenvalue weighted by molar-refractivity contribution is 6.15. The molecule has 0 unspecified atom stereocenters. The van der Waals surface area contributed by atoms with Crippen LogP contribution in [-0.4, -0.2) is 9.13 Å². The number of benzene rings is 9. The molecule has 0 aliphatic heterocycles. The van der Waals surface area contributed by atoms with Gasteiger partial charge in [-0.05, 0) is 94.5 Å². The van der Waals surface area contributed by atoms with Crippen LogP contribution in [0.4, 0.5) is 0 Å². The van der Waals surface area contributed by atoms with E-state index in [2.05, 4.69) is 215 Å². The van der Waals surface area contributed by atoms with Crippen LogP contribution in [0.2, 0.25) is 0 Å². The molecule has 0 saturated carbocycles. The summed E-state index contributed by atoms with van der Waals surface area (Å²) in [5.74, 6) is 0. The van der Waals surface area contributed by atoms with E-state index in [0.717, 1.165) is 61.1 Å². The highest BCUT2D eigenvalue weighted by Crippen LogP contribution is 2.43. The minimum atomic E-state index is 0.887. The van der Waals surface area contributed by atoms with E-state index in [1.54, 1.807) is 0 Å². The number of para-hydroxylation sites is 4. The Kier molecular flexibility index (Phi) is 6.93. The van der Waals surface area contributed by atoms with Gasteiger partial charge < -0.3 is 13.6 Å². The Labute approximate surface area is 328 Å². The van der Waals surface area contributed by atoms with Crippen LogP contribution in [0, 0.1) is 0 Å². The van der Waals surface area contributed by atoms with Crippen LogP contribution >= 0.6 is 0 Å². The fraction of sp³-hybridized carbons (Fsp3) is 0. The zero-order valence-electron chi connectivity index (χ0n) is 30.9. The third-order valence-corrected chi connectivity index (χ3v) is 11.7. The first kappa shape index (κ1) is 31.7. The summed E-state index contributed by atoms with van der Waals surface area (Å²) >= 11 is 0. The van der Waals surface area contributed by atoms with Crippen molar-refractivity contribution in [2.45, 2.75) is 0 Å². The predicted octanol–water partition coefficient (Wildman–Crippen LogP) is 14.8. The van der Waals surface area contributed by atoms with Gasteiger partial charge in [0.15, 0.2) is 0 Å². The first-order valence-electron chi connectivity index (χ1n) is 19.5. The molecule has 0 amide bonds. The second-order valence-corrected chi connectivity index (χ2v) is 14.9. The van der Waals surface area contributed by atoms with Gasteiger partial charge in [-0.1, -0.05) is 140 Å². The maximum atomic E-state index is 6.76. The highest BCUT2D eigenvalue weighted by atomic mass is 16.3. The van der Waals surface area contributed by atoms with Crippen LogP contribution in [-0.2, 0) is 0 Å². The molecule has 3 nitrogen and oxygen atoms in total. The van der Waals surface area contributed by atoms with E-state index >= 15 is 0 Å². The Morgan fingerprint density at radius 1 is 0.281 bits per heavy atom. The van der Waals surface area contributed by atoms with Gasteiger partial charge in [0, 0.05) is 49.3 Å². The molecule has 3 aromatic heterocycles. The summed E-state index contributed by atoms with van der Waals surface area (Å²) < 4.78 is 11.6. The third kappa shape index (κ3) is 4.92. The fourth-order valence-corrected chi connectivity index (χ4v) is 9.08. The molecule has 0 saturated heterocycles. The summed E-state index contributed by atoms with van der Waals surface area (Å²) in [5, 5.41) is 7.16. The molecule has 0 radical (unpaired) electrons. The van der Waals surface area contributed by atoms with E-state index in [-0.39, 0.29) is 0 Å². The lowest BCUT2D eigenvalue weighted by atomic mass is 9.94. The highest BCUT2D eigenvalue weighted by Gasteiger charge is 2.20. The lowest BCUT2D eigenvalue weighted by Gasteiger charge is -2.12. The average Bonchev–Trinajstić information content (AvgIpc) is 3.94. The summed E-state index contributed by atoms with van der Waals surface area (Å²) in [6, 6.07) is 74.5. The molecule has 57 heavy (non-hydrogen) atoms. The maximum absolute atomic E-state index is 6.76. The topological polar surface area (TPSA) is 23.0 Å². The Balaban J connectivity index is 1.10. The van der Waals surface area contributed by atoms with Crippen LogP contribution in [0.1, 0.15) is 0 Å². The van der Waals surface area contributed by atoms with Crippen molar-refractivity contribution in [2.24, 2.45) is 0 Å². The molecule has 0 bridgehead atoms. The maximum Gasteiger partial charge on any atom is 0.143 e. The zero-order chi connectivity index (χ0) is 37.5. The Morgan fingerprint density at radius 2 is 0.807 bits per heavy atom. The number of fused-ring (bicyclic) bond motifs is 9. The number of furan rings is 1. The van der Waals surface area contributed by atoms with Crippen molar-refractivity contribution in [3.05, 3.63) is 206 Å². The Morgan fingerprint density at radius 3 is 1.54 bits per heavy atom. The molecule has 0 aliphatic rings. The molecule has 3 heteroatoms. The normalized spacial score (nSPS) is 11.9. The number of aromatic nitrogens is 2. The van der Waals surface area contributed by atoms with E-state index in [1.807, 2.05) is 0 Å². The summed E-state index contributed by atoms with van der Waals surface area (Å²) in [4.78, 5) is 0. The summed E-state index contributed by atoms with van der Waals surface area (Å²) in [5.41, 5.74) is 15.6. The van der Waals surface area contributed by atoms with E-state index in [9.17, 15) is 0 Å². The van der Waals surface area contributed by atoms with Crippen LogP contribution in [0.3, 0.4) is 0 Å². The fourth-order valence-electron chi connectivity index (χ4n) is 9.08. The summed E-state index contributed by atoms with van der Waals surface area (Å²) in [7, 11) is 0. The quantitative estimate of drug-likeness (QED) is 0.173. The van der Waals surface area contributed by atoms with Crippen LogP contribution < -0.4 is 0 Å². The van der Waals surface area contributed by atoms with Crippen molar-refractivity contribution < 1.29 is 4.42 Å². The lowest BCUT2D eigenvalue weighted by molar-refractivity contribution is 0.670. The van der Waals surface area contributed by atoms with E-state index in [1.165, 1.54) is 49.2 Å². The first-order chi connectivity index (χ1) is 28.3. The van der Waals surface area contributed by atoms with Gasteiger partial charge >= 0.3 is 0 Å². The smallest absolute Gasteiger partial charge is 0.143 e. The van der Waals surface area contributed by atoms with Crippen LogP contribution in [0.15, 0.2) is 211 Å². The Hall–Kier alpha value is -7.62. The van der Waals surface area contributed by atoms with Crippen molar-refractivity contribution in [2.75, 3.05) is 0 Å². The Bertz CT molecular complexity index is 3510. The van der Waals surface area contributed by atoms with Gasteiger partial charge in [0.1, 0.15) is 11.2 Å². The number of hydrogen-bond acceptors (Lipinski definition) is 1. The van der Waals surface area contributed by atoms with E-state index in [4.69, 9.17) is 4.42 Å². The van der Waals surface area contributed by atoms with Crippen molar-refractivity contribution in [3.8, 4) is 44.8 Å². The second-order valence-electron chi connectivity index (χ2n) is 14.9.